The van der Waals surface area contributed by atoms with Gasteiger partial charge in [-0.2, -0.15) is 5.10 Å². The monoisotopic (exact) mass is 307 g/mol. The van der Waals surface area contributed by atoms with Crippen LogP contribution >= 0.6 is 0 Å². The molecule has 2 atom stereocenters. The molecule has 0 aliphatic rings. The van der Waals surface area contributed by atoms with Crippen molar-refractivity contribution < 1.29 is 18.6 Å². The molecule has 22 heavy (non-hydrogen) atoms. The average molecular weight is 307 g/mol. The lowest BCUT2D eigenvalue weighted by atomic mass is 9.88. The third kappa shape index (κ3) is 3.30. The van der Waals surface area contributed by atoms with Gasteiger partial charge in [0.2, 0.25) is 0 Å². The number of ether oxygens (including phenoxy) is 1. The van der Waals surface area contributed by atoms with Crippen LogP contribution in [0.25, 0.3) is 0 Å². The van der Waals surface area contributed by atoms with E-state index >= 15 is 0 Å². The Hall–Kier alpha value is -2.30. The molecule has 0 saturated heterocycles. The second-order valence-electron chi connectivity index (χ2n) is 4.80. The van der Waals surface area contributed by atoms with E-state index in [1.54, 1.807) is 6.92 Å². The summed E-state index contributed by atoms with van der Waals surface area (Å²) in [5, 5.41) is 14.9. The number of benzene rings is 1. The van der Waals surface area contributed by atoms with Gasteiger partial charge in [-0.05, 0) is 13.0 Å². The molecular weight excluding hydrogens is 292 g/mol. The summed E-state index contributed by atoms with van der Waals surface area (Å²) in [6.07, 6.45) is 6.94. The van der Waals surface area contributed by atoms with Crippen molar-refractivity contribution in [2.75, 3.05) is 6.61 Å². The van der Waals surface area contributed by atoms with Gasteiger partial charge in [0, 0.05) is 11.6 Å². The molecule has 2 aromatic rings. The Morgan fingerprint density at radius 2 is 2.27 bits per heavy atom. The van der Waals surface area contributed by atoms with Gasteiger partial charge in [-0.1, -0.05) is 12.0 Å². The van der Waals surface area contributed by atoms with Gasteiger partial charge in [0.05, 0.1) is 12.6 Å². The van der Waals surface area contributed by atoms with Crippen LogP contribution in [0, 0.1) is 24.0 Å². The van der Waals surface area contributed by atoms with E-state index in [1.165, 1.54) is 23.4 Å². The highest BCUT2D eigenvalue weighted by molar-refractivity contribution is 5.26. The molecule has 1 aromatic carbocycles. The maximum Gasteiger partial charge on any atom is 0.138 e. The maximum absolute atomic E-state index is 14.1. The van der Waals surface area contributed by atoms with Crippen LogP contribution in [0.5, 0.6) is 0 Å². The number of aromatic nitrogens is 3. The second kappa shape index (κ2) is 6.64. The Balaban J connectivity index is 2.41. The largest absolute Gasteiger partial charge is 0.380 e. The lowest BCUT2D eigenvalue weighted by Gasteiger charge is -2.34. The Bertz CT molecular complexity index is 670. The van der Waals surface area contributed by atoms with Crippen LogP contribution in [0.3, 0.4) is 0 Å². The van der Waals surface area contributed by atoms with Crippen LogP contribution in [-0.2, 0) is 16.9 Å². The Kier molecular flexibility index (Phi) is 4.85. The van der Waals surface area contributed by atoms with Gasteiger partial charge in [0.1, 0.15) is 36.5 Å². The SMILES string of the molecule is C#CCO[C@H](C)[C@](O)(Cn1cncn1)c1ccc(F)cc1F. The second-order valence-corrected chi connectivity index (χ2v) is 4.80. The number of rotatable bonds is 6. The summed E-state index contributed by atoms with van der Waals surface area (Å²) in [6, 6.07) is 2.95. The van der Waals surface area contributed by atoms with Crippen LogP contribution in [-0.4, -0.2) is 32.6 Å². The van der Waals surface area contributed by atoms with Crippen LogP contribution in [0.15, 0.2) is 30.9 Å². The fourth-order valence-electron chi connectivity index (χ4n) is 2.15. The predicted molar refractivity (Wildman–Crippen MR) is 74.5 cm³/mol. The predicted octanol–water partition coefficient (Wildman–Crippen LogP) is 1.48. The molecule has 0 saturated carbocycles. The van der Waals surface area contributed by atoms with E-state index in [2.05, 4.69) is 16.0 Å². The summed E-state index contributed by atoms with van der Waals surface area (Å²) < 4.78 is 33.9. The summed E-state index contributed by atoms with van der Waals surface area (Å²) >= 11 is 0. The van der Waals surface area contributed by atoms with Gasteiger partial charge < -0.3 is 9.84 Å². The minimum Gasteiger partial charge on any atom is -0.380 e. The van der Waals surface area contributed by atoms with E-state index in [4.69, 9.17) is 11.2 Å². The molecule has 0 amide bonds. The van der Waals surface area contributed by atoms with E-state index in [1.807, 2.05) is 0 Å². The van der Waals surface area contributed by atoms with Gasteiger partial charge in [-0.25, -0.2) is 18.4 Å². The quantitative estimate of drug-likeness (QED) is 0.821. The number of hydrogen-bond donors (Lipinski definition) is 1. The van der Waals surface area contributed by atoms with Crippen molar-refractivity contribution in [1.29, 1.82) is 0 Å². The normalized spacial score (nSPS) is 15.0. The smallest absolute Gasteiger partial charge is 0.138 e. The van der Waals surface area contributed by atoms with Crippen LogP contribution < -0.4 is 0 Å². The zero-order chi connectivity index (χ0) is 16.2. The summed E-state index contributed by atoms with van der Waals surface area (Å²) in [6.45, 7) is 1.38. The van der Waals surface area contributed by atoms with Gasteiger partial charge in [0.15, 0.2) is 0 Å². The third-order valence-corrected chi connectivity index (χ3v) is 3.36. The molecule has 1 N–H and O–H groups in total. The molecule has 0 spiro atoms. The highest BCUT2D eigenvalue weighted by atomic mass is 19.1. The van der Waals surface area contributed by atoms with Crippen LogP contribution in [0.1, 0.15) is 12.5 Å². The van der Waals surface area contributed by atoms with E-state index in [0.717, 1.165) is 6.07 Å². The minimum atomic E-state index is -1.79. The maximum atomic E-state index is 14.1. The standard InChI is InChI=1S/C15H15F2N3O2/c1-3-6-22-11(2)15(21,8-20-10-18-9-19-20)13-5-4-12(16)7-14(13)17/h1,4-5,7,9-11,21H,6,8H2,2H3/t11-,15-/m1/s1. The van der Waals surface area contributed by atoms with Crippen molar-refractivity contribution in [1.82, 2.24) is 14.8 Å². The van der Waals surface area contributed by atoms with Crippen molar-refractivity contribution in [3.63, 3.8) is 0 Å². The molecule has 0 unspecified atom stereocenters. The first-order valence-corrected chi connectivity index (χ1v) is 6.52. The van der Waals surface area contributed by atoms with Crippen LogP contribution in [0.2, 0.25) is 0 Å². The van der Waals surface area contributed by atoms with E-state index in [0.29, 0.717) is 6.07 Å². The molecule has 0 radical (unpaired) electrons. The van der Waals surface area contributed by atoms with Crippen molar-refractivity contribution in [3.8, 4) is 12.3 Å². The highest BCUT2D eigenvalue weighted by Crippen LogP contribution is 2.31. The Labute approximate surface area is 126 Å². The van der Waals surface area contributed by atoms with E-state index in [9.17, 15) is 13.9 Å². The zero-order valence-corrected chi connectivity index (χ0v) is 11.9. The van der Waals surface area contributed by atoms with Gasteiger partial charge >= 0.3 is 0 Å². The number of aliphatic hydroxyl groups is 1. The molecule has 0 aliphatic carbocycles. The van der Waals surface area contributed by atoms with Crippen LogP contribution in [0.4, 0.5) is 8.78 Å². The molecule has 2 rings (SSSR count). The first-order chi connectivity index (χ1) is 10.5. The van der Waals surface area contributed by atoms with Gasteiger partial charge in [-0.3, -0.25) is 0 Å². The molecule has 5 nitrogen and oxygen atoms in total. The molecule has 1 aromatic heterocycles. The van der Waals surface area contributed by atoms with Gasteiger partial charge in [0.25, 0.3) is 0 Å². The number of halogens is 2. The summed E-state index contributed by atoms with van der Waals surface area (Å²) in [4.78, 5) is 3.77. The number of hydrogen-bond acceptors (Lipinski definition) is 4. The Morgan fingerprint density at radius 1 is 1.50 bits per heavy atom. The van der Waals surface area contributed by atoms with Crippen molar-refractivity contribution in [2.24, 2.45) is 0 Å². The summed E-state index contributed by atoms with van der Waals surface area (Å²) in [5.41, 5.74) is -1.89. The zero-order valence-electron chi connectivity index (χ0n) is 11.9. The summed E-state index contributed by atoms with van der Waals surface area (Å²) in [5.74, 6) is 0.672. The highest BCUT2D eigenvalue weighted by Gasteiger charge is 2.39. The van der Waals surface area contributed by atoms with Crippen molar-refractivity contribution >= 4 is 0 Å². The first kappa shape index (κ1) is 16.1. The molecule has 1 heterocycles. The fraction of sp³-hybridized carbons (Fsp3) is 0.333. The molecule has 0 fully saturated rings. The van der Waals surface area contributed by atoms with Crippen molar-refractivity contribution in [2.45, 2.75) is 25.2 Å². The van der Waals surface area contributed by atoms with E-state index in [-0.39, 0.29) is 18.7 Å². The third-order valence-electron chi connectivity index (χ3n) is 3.36. The minimum absolute atomic E-state index is 0.0519. The molecule has 7 heteroatoms. The molecule has 0 bridgehead atoms. The average Bonchev–Trinajstić information content (AvgIpc) is 2.97. The molecule has 0 aliphatic heterocycles. The molecular formula is C15H15F2N3O2. The first-order valence-electron chi connectivity index (χ1n) is 6.52. The topological polar surface area (TPSA) is 60.2 Å². The number of nitrogens with zero attached hydrogens (tertiary/aromatic N) is 3. The van der Waals surface area contributed by atoms with E-state index < -0.39 is 23.3 Å². The molecule has 116 valence electrons. The van der Waals surface area contributed by atoms with Gasteiger partial charge in [-0.15, -0.1) is 6.42 Å². The van der Waals surface area contributed by atoms with Crippen molar-refractivity contribution in [3.05, 3.63) is 48.1 Å². The lowest BCUT2D eigenvalue weighted by Crippen LogP contribution is -2.44. The lowest BCUT2D eigenvalue weighted by molar-refractivity contribution is -0.111. The summed E-state index contributed by atoms with van der Waals surface area (Å²) in [7, 11) is 0. The fourth-order valence-corrected chi connectivity index (χ4v) is 2.15. The Morgan fingerprint density at radius 3 is 2.86 bits per heavy atom. The number of terminal acetylenes is 1.